The molecular weight excluding hydrogens is 256 g/mol. The van der Waals surface area contributed by atoms with Gasteiger partial charge in [-0.1, -0.05) is 18.2 Å². The van der Waals surface area contributed by atoms with Gasteiger partial charge in [-0.2, -0.15) is 0 Å². The summed E-state index contributed by atoms with van der Waals surface area (Å²) in [4.78, 5) is 0. The van der Waals surface area contributed by atoms with Crippen LogP contribution in [-0.4, -0.2) is 27.5 Å². The molecule has 2 atom stereocenters. The van der Waals surface area contributed by atoms with Crippen LogP contribution in [0.3, 0.4) is 0 Å². The quantitative estimate of drug-likeness (QED) is 0.640. The second kappa shape index (κ2) is 3.67. The molecule has 2 aromatic rings. The average molecular weight is 270 g/mol. The van der Waals surface area contributed by atoms with Crippen LogP contribution >= 0.6 is 0 Å². The molecule has 0 saturated carbocycles. The molecule has 4 heteroatoms. The van der Waals surface area contributed by atoms with Crippen LogP contribution in [0.25, 0.3) is 0 Å². The number of hydrogen-bond donors (Lipinski definition) is 3. The Morgan fingerprint density at radius 3 is 2.65 bits per heavy atom. The van der Waals surface area contributed by atoms with Gasteiger partial charge in [-0.3, -0.25) is 0 Å². The van der Waals surface area contributed by atoms with Gasteiger partial charge in [0, 0.05) is 17.9 Å². The largest absolute Gasteiger partial charge is 0.504 e. The molecular formula is C16H14O4. The molecule has 0 saturated heterocycles. The number of hydrogen-bond acceptors (Lipinski definition) is 4. The fraction of sp³-hybridized carbons (Fsp3) is 0.250. The van der Waals surface area contributed by atoms with Crippen LogP contribution in [0.1, 0.15) is 22.6 Å². The summed E-state index contributed by atoms with van der Waals surface area (Å²) in [6, 6.07) is 10.7. The van der Waals surface area contributed by atoms with E-state index in [0.29, 0.717) is 6.42 Å². The lowest BCUT2D eigenvalue weighted by atomic mass is 9.80. The van der Waals surface area contributed by atoms with E-state index in [0.717, 1.165) is 22.4 Å². The van der Waals surface area contributed by atoms with Gasteiger partial charge in [0.05, 0.1) is 0 Å². The molecule has 0 radical (unpaired) electrons. The molecule has 4 nitrogen and oxygen atoms in total. The van der Waals surface area contributed by atoms with Gasteiger partial charge >= 0.3 is 0 Å². The molecule has 0 unspecified atom stereocenters. The van der Waals surface area contributed by atoms with Gasteiger partial charge in [-0.15, -0.1) is 0 Å². The van der Waals surface area contributed by atoms with Gasteiger partial charge in [0.25, 0.3) is 0 Å². The van der Waals surface area contributed by atoms with Crippen molar-refractivity contribution in [3.05, 3.63) is 53.1 Å². The van der Waals surface area contributed by atoms with E-state index in [1.807, 2.05) is 24.3 Å². The zero-order chi connectivity index (χ0) is 13.9. The minimum atomic E-state index is -1.02. The molecule has 20 heavy (non-hydrogen) atoms. The fourth-order valence-electron chi connectivity index (χ4n) is 3.42. The van der Waals surface area contributed by atoms with Crippen LogP contribution < -0.4 is 4.74 Å². The molecule has 4 rings (SSSR count). The lowest BCUT2D eigenvalue weighted by molar-refractivity contribution is -0.0217. The number of fused-ring (bicyclic) bond motifs is 5. The summed E-state index contributed by atoms with van der Waals surface area (Å²) < 4.78 is 5.66. The molecule has 0 aromatic heterocycles. The van der Waals surface area contributed by atoms with Crippen molar-refractivity contribution in [3.63, 3.8) is 0 Å². The third-order valence-corrected chi connectivity index (χ3v) is 4.29. The average Bonchev–Trinajstić information content (AvgIpc) is 2.71. The van der Waals surface area contributed by atoms with Crippen LogP contribution in [0.4, 0.5) is 0 Å². The first-order chi connectivity index (χ1) is 9.58. The topological polar surface area (TPSA) is 69.9 Å². The third kappa shape index (κ3) is 1.40. The highest BCUT2D eigenvalue weighted by Crippen LogP contribution is 2.52. The second-order valence-corrected chi connectivity index (χ2v) is 5.58. The number of para-hydroxylation sites is 1. The first kappa shape index (κ1) is 11.6. The summed E-state index contributed by atoms with van der Waals surface area (Å²) >= 11 is 0. The van der Waals surface area contributed by atoms with Crippen molar-refractivity contribution in [3.8, 4) is 17.2 Å². The number of phenolic OH excluding ortho intramolecular Hbond substituents is 2. The number of phenols is 2. The number of aromatic hydroxyl groups is 2. The maximum atomic E-state index is 10.9. The normalized spacial score (nSPS) is 26.4. The van der Waals surface area contributed by atoms with E-state index in [2.05, 4.69) is 0 Å². The predicted molar refractivity (Wildman–Crippen MR) is 72.2 cm³/mol. The van der Waals surface area contributed by atoms with Crippen LogP contribution in [-0.2, 0) is 6.42 Å². The van der Waals surface area contributed by atoms with E-state index in [1.54, 1.807) is 6.07 Å². The lowest BCUT2D eigenvalue weighted by Crippen LogP contribution is -2.43. The number of aliphatic hydroxyl groups is 1. The smallest absolute Gasteiger partial charge is 0.157 e. The summed E-state index contributed by atoms with van der Waals surface area (Å²) in [7, 11) is 0. The maximum Gasteiger partial charge on any atom is 0.157 e. The third-order valence-electron chi connectivity index (χ3n) is 4.29. The molecule has 0 amide bonds. The molecule has 2 aromatic carbocycles. The lowest BCUT2D eigenvalue weighted by Gasteiger charge is -2.36. The molecule has 2 aliphatic rings. The van der Waals surface area contributed by atoms with Crippen molar-refractivity contribution in [2.75, 3.05) is 6.61 Å². The first-order valence-electron chi connectivity index (χ1n) is 6.57. The van der Waals surface area contributed by atoms with E-state index in [-0.39, 0.29) is 24.0 Å². The second-order valence-electron chi connectivity index (χ2n) is 5.58. The van der Waals surface area contributed by atoms with Gasteiger partial charge in [-0.05, 0) is 29.3 Å². The Morgan fingerprint density at radius 2 is 1.80 bits per heavy atom. The highest BCUT2D eigenvalue weighted by molar-refractivity contribution is 5.57. The number of benzene rings is 2. The fourth-order valence-corrected chi connectivity index (χ4v) is 3.42. The van der Waals surface area contributed by atoms with Crippen molar-refractivity contribution in [2.45, 2.75) is 17.9 Å². The van der Waals surface area contributed by atoms with Crippen molar-refractivity contribution in [2.24, 2.45) is 0 Å². The molecule has 3 N–H and O–H groups in total. The number of ether oxygens (including phenoxy) is 1. The monoisotopic (exact) mass is 270 g/mol. The first-order valence-corrected chi connectivity index (χ1v) is 6.57. The highest BCUT2D eigenvalue weighted by Gasteiger charge is 2.50. The molecule has 1 aliphatic carbocycles. The van der Waals surface area contributed by atoms with Gasteiger partial charge < -0.3 is 20.1 Å². The number of rotatable bonds is 0. The summed E-state index contributed by atoms with van der Waals surface area (Å²) in [6.45, 7) is 0.213. The molecule has 102 valence electrons. The Balaban J connectivity index is 1.96. The van der Waals surface area contributed by atoms with Crippen molar-refractivity contribution in [1.29, 1.82) is 0 Å². The van der Waals surface area contributed by atoms with Crippen molar-refractivity contribution < 1.29 is 20.1 Å². The minimum absolute atomic E-state index is 0.153. The standard InChI is InChI=1S/C16H14O4/c17-12-5-9-7-16(19)8-20-14-4-2-1-3-10(14)15(16)11(9)6-13(12)18/h1-6,15,17-19H,7-8H2/t15-,16+/m0/s1. The summed E-state index contributed by atoms with van der Waals surface area (Å²) in [5.74, 6) is 0.230. The van der Waals surface area contributed by atoms with E-state index in [1.165, 1.54) is 6.07 Å². The van der Waals surface area contributed by atoms with Crippen LogP contribution in [0.15, 0.2) is 36.4 Å². The summed E-state index contributed by atoms with van der Waals surface area (Å²) in [5.41, 5.74) is 1.62. The van der Waals surface area contributed by atoms with Crippen LogP contribution in [0.5, 0.6) is 17.2 Å². The van der Waals surface area contributed by atoms with Crippen molar-refractivity contribution in [1.82, 2.24) is 0 Å². The Hall–Kier alpha value is -2.20. The Kier molecular flexibility index (Phi) is 2.13. The van der Waals surface area contributed by atoms with Gasteiger partial charge in [0.2, 0.25) is 0 Å². The highest BCUT2D eigenvalue weighted by atomic mass is 16.5. The Labute approximate surface area is 115 Å². The SMILES string of the molecule is Oc1cc2c(cc1O)[C@@H]1c3ccccc3OC[C@]1(O)C2. The predicted octanol–water partition coefficient (Wildman–Crippen LogP) is 1.91. The van der Waals surface area contributed by atoms with Crippen LogP contribution in [0.2, 0.25) is 0 Å². The molecule has 0 spiro atoms. The van der Waals surface area contributed by atoms with Gasteiger partial charge in [0.1, 0.15) is 18.0 Å². The summed E-state index contributed by atoms with van der Waals surface area (Å²) in [6.07, 6.45) is 0.412. The van der Waals surface area contributed by atoms with Gasteiger partial charge in [0.15, 0.2) is 11.5 Å². The zero-order valence-corrected chi connectivity index (χ0v) is 10.7. The zero-order valence-electron chi connectivity index (χ0n) is 10.7. The minimum Gasteiger partial charge on any atom is -0.504 e. The van der Waals surface area contributed by atoms with E-state index in [4.69, 9.17) is 4.74 Å². The molecule has 0 bridgehead atoms. The van der Waals surface area contributed by atoms with Gasteiger partial charge in [-0.25, -0.2) is 0 Å². The van der Waals surface area contributed by atoms with Crippen LogP contribution in [0, 0.1) is 0 Å². The molecule has 0 fully saturated rings. The Morgan fingerprint density at radius 1 is 1.05 bits per heavy atom. The van der Waals surface area contributed by atoms with E-state index in [9.17, 15) is 15.3 Å². The van der Waals surface area contributed by atoms with Crippen molar-refractivity contribution >= 4 is 0 Å². The summed E-state index contributed by atoms with van der Waals surface area (Å²) in [5, 5.41) is 30.2. The maximum absolute atomic E-state index is 10.9. The molecule has 1 heterocycles. The molecule has 1 aliphatic heterocycles. The van der Waals surface area contributed by atoms with E-state index < -0.39 is 5.60 Å². The van der Waals surface area contributed by atoms with E-state index >= 15 is 0 Å². The Bertz CT molecular complexity index is 710.